The average Bonchev–Trinajstić information content (AvgIpc) is 2.59. The van der Waals surface area contributed by atoms with E-state index in [1.54, 1.807) is 13.8 Å². The summed E-state index contributed by atoms with van der Waals surface area (Å²) >= 11 is 0. The number of aromatic nitrogens is 1. The van der Waals surface area contributed by atoms with Crippen LogP contribution < -0.4 is 16.2 Å². The molecule has 2 heterocycles. The molecule has 7 nitrogen and oxygen atoms in total. The van der Waals surface area contributed by atoms with Crippen LogP contribution in [0.4, 0.5) is 0 Å². The monoisotopic (exact) mass is 381 g/mol. The van der Waals surface area contributed by atoms with Crippen LogP contribution in [0.2, 0.25) is 0 Å². The number of nitrogens with one attached hydrogen (secondary N) is 3. The van der Waals surface area contributed by atoms with Gasteiger partial charge in [-0.15, -0.1) is 12.4 Å². The minimum absolute atomic E-state index is 0. The highest BCUT2D eigenvalue weighted by Crippen LogP contribution is 2.14. The molecule has 1 aromatic heterocycles. The number of hydrogen-bond acceptors (Lipinski definition) is 5. The molecule has 3 N–H and O–H groups in total. The molecule has 0 unspecified atom stereocenters. The average molecular weight is 382 g/mol. The molecule has 1 fully saturated rings. The van der Waals surface area contributed by atoms with Crippen LogP contribution in [0.25, 0.3) is 0 Å². The fourth-order valence-corrected chi connectivity index (χ4v) is 3.21. The molecule has 1 aliphatic heterocycles. The highest BCUT2D eigenvalue weighted by atomic mass is 35.5. The first kappa shape index (κ1) is 22.2. The zero-order chi connectivity index (χ0) is 18.2. The van der Waals surface area contributed by atoms with Crippen molar-refractivity contribution in [2.24, 2.45) is 0 Å². The molecule has 26 heavy (non-hydrogen) atoms. The molecule has 0 aliphatic carbocycles. The van der Waals surface area contributed by atoms with Gasteiger partial charge in [0.05, 0.1) is 0 Å². The maximum atomic E-state index is 12.0. The van der Waals surface area contributed by atoms with Crippen molar-refractivity contribution in [3.8, 4) is 6.07 Å². The molecular weight excluding hydrogens is 354 g/mol. The van der Waals surface area contributed by atoms with Crippen LogP contribution >= 0.6 is 12.4 Å². The second-order valence-electron chi connectivity index (χ2n) is 6.46. The maximum absolute atomic E-state index is 12.0. The van der Waals surface area contributed by atoms with E-state index in [4.69, 9.17) is 5.26 Å². The van der Waals surface area contributed by atoms with Crippen molar-refractivity contribution in [2.75, 3.05) is 39.3 Å². The Morgan fingerprint density at radius 1 is 1.31 bits per heavy atom. The molecule has 1 aliphatic rings. The van der Waals surface area contributed by atoms with Crippen LogP contribution in [-0.4, -0.2) is 55.1 Å². The summed E-state index contributed by atoms with van der Waals surface area (Å²) in [6, 6.07) is 1.94. The molecular formula is C18H28ClN5O2. The predicted octanol–water partition coefficient (Wildman–Crippen LogP) is 0.629. The van der Waals surface area contributed by atoms with E-state index >= 15 is 0 Å². The largest absolute Gasteiger partial charge is 0.356 e. The van der Waals surface area contributed by atoms with Gasteiger partial charge in [0.2, 0.25) is 5.91 Å². The fraction of sp³-hybridized carbons (Fsp3) is 0.611. The van der Waals surface area contributed by atoms with E-state index in [0.29, 0.717) is 24.9 Å². The zero-order valence-electron chi connectivity index (χ0n) is 15.5. The lowest BCUT2D eigenvalue weighted by Gasteiger charge is -2.27. The minimum atomic E-state index is -0.362. The first-order valence-electron chi connectivity index (χ1n) is 8.85. The molecule has 0 atom stereocenters. The number of H-pyrrole nitrogens is 1. The molecule has 0 aromatic carbocycles. The van der Waals surface area contributed by atoms with Crippen molar-refractivity contribution in [1.82, 2.24) is 20.5 Å². The van der Waals surface area contributed by atoms with Gasteiger partial charge in [0.15, 0.2) is 0 Å². The Morgan fingerprint density at radius 2 is 2.00 bits per heavy atom. The lowest BCUT2D eigenvalue weighted by molar-refractivity contribution is -0.121. The number of aryl methyl sites for hydroxylation is 1. The standard InChI is InChI=1S/C18H27N5O2.ClH/c1-13-15(14(2)22-18(25)16(13)12-19)4-5-17(24)21-6-3-9-23-10-7-20-8-11-23;/h20H,3-11H2,1-2H3,(H,21,24)(H,22,25);1H. The van der Waals surface area contributed by atoms with Crippen molar-refractivity contribution < 1.29 is 4.79 Å². The molecule has 8 heteroatoms. The summed E-state index contributed by atoms with van der Waals surface area (Å²) in [4.78, 5) is 28.9. The van der Waals surface area contributed by atoms with Crippen molar-refractivity contribution in [2.45, 2.75) is 33.1 Å². The molecule has 0 spiro atoms. The molecule has 2 rings (SSSR count). The molecule has 144 valence electrons. The first-order valence-corrected chi connectivity index (χ1v) is 8.85. The van der Waals surface area contributed by atoms with Crippen molar-refractivity contribution in [3.05, 3.63) is 32.7 Å². The Balaban J connectivity index is 0.00000338. The van der Waals surface area contributed by atoms with Gasteiger partial charge in [0.25, 0.3) is 5.56 Å². The molecule has 1 aromatic rings. The summed E-state index contributed by atoms with van der Waals surface area (Å²) in [6.07, 6.45) is 1.82. The maximum Gasteiger partial charge on any atom is 0.266 e. The number of pyridine rings is 1. The molecule has 0 bridgehead atoms. The van der Waals surface area contributed by atoms with Gasteiger partial charge in [0, 0.05) is 44.8 Å². The molecule has 0 saturated carbocycles. The number of nitrogens with zero attached hydrogens (tertiary/aromatic N) is 2. The van der Waals surface area contributed by atoms with E-state index in [2.05, 4.69) is 20.5 Å². The highest BCUT2D eigenvalue weighted by molar-refractivity contribution is 5.85. The van der Waals surface area contributed by atoms with E-state index in [9.17, 15) is 9.59 Å². The van der Waals surface area contributed by atoms with Gasteiger partial charge in [-0.1, -0.05) is 0 Å². The Labute approximate surface area is 160 Å². The number of carbonyl (C=O) groups is 1. The second kappa shape index (κ2) is 11.0. The topological polar surface area (TPSA) is 101 Å². The van der Waals surface area contributed by atoms with Crippen molar-refractivity contribution >= 4 is 18.3 Å². The van der Waals surface area contributed by atoms with Crippen LogP contribution in [0.3, 0.4) is 0 Å². The van der Waals surface area contributed by atoms with Gasteiger partial charge in [-0.3, -0.25) is 9.59 Å². The Bertz CT molecular complexity index is 705. The predicted molar refractivity (Wildman–Crippen MR) is 104 cm³/mol. The smallest absolute Gasteiger partial charge is 0.266 e. The van der Waals surface area contributed by atoms with Gasteiger partial charge < -0.3 is 20.5 Å². The van der Waals surface area contributed by atoms with Crippen LogP contribution in [0.1, 0.15) is 35.2 Å². The number of hydrogen-bond donors (Lipinski definition) is 3. The number of nitriles is 1. The summed E-state index contributed by atoms with van der Waals surface area (Å²) in [6.45, 7) is 9.46. The first-order chi connectivity index (χ1) is 12.0. The number of carbonyl (C=O) groups excluding carboxylic acids is 1. The third-order valence-corrected chi connectivity index (χ3v) is 4.71. The van der Waals surface area contributed by atoms with Crippen LogP contribution in [0.15, 0.2) is 4.79 Å². The number of amides is 1. The highest BCUT2D eigenvalue weighted by Gasteiger charge is 2.13. The van der Waals surface area contributed by atoms with Crippen LogP contribution in [-0.2, 0) is 11.2 Å². The zero-order valence-corrected chi connectivity index (χ0v) is 16.3. The van der Waals surface area contributed by atoms with Crippen LogP contribution in [0, 0.1) is 25.2 Å². The summed E-state index contributed by atoms with van der Waals surface area (Å²) in [5.41, 5.74) is 2.06. The third kappa shape index (κ3) is 6.13. The number of aromatic amines is 1. The normalized spacial score (nSPS) is 14.3. The SMILES string of the molecule is Cc1[nH]c(=O)c(C#N)c(C)c1CCC(=O)NCCCN1CCNCC1.Cl. The van der Waals surface area contributed by atoms with Gasteiger partial charge in [-0.25, -0.2) is 0 Å². The Hall–Kier alpha value is -1.88. The number of piperazine rings is 1. The Morgan fingerprint density at radius 3 is 2.65 bits per heavy atom. The van der Waals surface area contributed by atoms with E-state index in [-0.39, 0.29) is 29.4 Å². The lowest BCUT2D eigenvalue weighted by Crippen LogP contribution is -2.44. The quantitative estimate of drug-likeness (QED) is 0.601. The van der Waals surface area contributed by atoms with E-state index in [0.717, 1.165) is 50.4 Å². The molecule has 1 saturated heterocycles. The number of halogens is 1. The fourth-order valence-electron chi connectivity index (χ4n) is 3.21. The summed E-state index contributed by atoms with van der Waals surface area (Å²) < 4.78 is 0. The molecule has 1 amide bonds. The van der Waals surface area contributed by atoms with E-state index in [1.165, 1.54) is 0 Å². The lowest BCUT2D eigenvalue weighted by atomic mass is 9.99. The van der Waals surface area contributed by atoms with E-state index in [1.807, 2.05) is 6.07 Å². The summed E-state index contributed by atoms with van der Waals surface area (Å²) in [5.74, 6) is 0.00354. The summed E-state index contributed by atoms with van der Waals surface area (Å²) in [5, 5.41) is 15.4. The van der Waals surface area contributed by atoms with Crippen LogP contribution in [0.5, 0.6) is 0 Å². The molecule has 0 radical (unpaired) electrons. The van der Waals surface area contributed by atoms with Crippen molar-refractivity contribution in [3.63, 3.8) is 0 Å². The van der Waals surface area contributed by atoms with E-state index < -0.39 is 0 Å². The summed E-state index contributed by atoms with van der Waals surface area (Å²) in [7, 11) is 0. The Kier molecular flexibility index (Phi) is 9.35. The van der Waals surface area contributed by atoms with Gasteiger partial charge in [0.1, 0.15) is 11.6 Å². The van der Waals surface area contributed by atoms with Gasteiger partial charge in [-0.05, 0) is 44.4 Å². The van der Waals surface area contributed by atoms with Gasteiger partial charge in [-0.2, -0.15) is 5.26 Å². The van der Waals surface area contributed by atoms with Crippen molar-refractivity contribution in [1.29, 1.82) is 5.26 Å². The number of rotatable bonds is 7. The second-order valence-corrected chi connectivity index (χ2v) is 6.46. The third-order valence-electron chi connectivity index (χ3n) is 4.71. The minimum Gasteiger partial charge on any atom is -0.356 e. The van der Waals surface area contributed by atoms with Gasteiger partial charge >= 0.3 is 0 Å².